The molecule has 0 aliphatic heterocycles. The molecule has 2 atom stereocenters. The Morgan fingerprint density at radius 3 is 2.53 bits per heavy atom. The highest BCUT2D eigenvalue weighted by molar-refractivity contribution is 5.62. The first-order valence-electron chi connectivity index (χ1n) is 11.2. The number of rotatable bonds is 7. The molecule has 3 aromatic rings. The summed E-state index contributed by atoms with van der Waals surface area (Å²) >= 11 is 0. The fraction of sp³-hybridized carbons (Fsp3) is 0.346. The van der Waals surface area contributed by atoms with Crippen molar-refractivity contribution >= 4 is 5.69 Å². The van der Waals surface area contributed by atoms with Crippen LogP contribution in [-0.4, -0.2) is 21.0 Å². The summed E-state index contributed by atoms with van der Waals surface area (Å²) in [6.45, 7) is 9.27. The number of para-hydroxylation sites is 2. The van der Waals surface area contributed by atoms with Crippen molar-refractivity contribution in [1.29, 1.82) is 0 Å². The molecule has 1 aliphatic rings. The SMILES string of the molecule is Cc1nn(-c2ccccc2N([O-])O)c(C)c1[C@H]1C=C[C@@H](NCc2ccc(C(C)C)cc2)C1. The number of hydrogen-bond donors (Lipinski definition) is 2. The zero-order chi connectivity index (χ0) is 22.8. The molecule has 2 N–H and O–H groups in total. The van der Waals surface area contributed by atoms with Crippen LogP contribution >= 0.6 is 0 Å². The minimum absolute atomic E-state index is 0.103. The Morgan fingerprint density at radius 2 is 1.84 bits per heavy atom. The van der Waals surface area contributed by atoms with Crippen LogP contribution in [0.2, 0.25) is 0 Å². The number of nitrogens with one attached hydrogen (secondary N) is 1. The van der Waals surface area contributed by atoms with Gasteiger partial charge < -0.3 is 15.8 Å². The topological polar surface area (TPSA) is 76.4 Å². The number of nitrogens with zero attached hydrogens (tertiary/aromatic N) is 3. The zero-order valence-corrected chi connectivity index (χ0v) is 19.1. The smallest absolute Gasteiger partial charge is 0.0895 e. The molecule has 0 saturated heterocycles. The Labute approximate surface area is 189 Å². The van der Waals surface area contributed by atoms with E-state index in [9.17, 15) is 10.4 Å². The third-order valence-electron chi connectivity index (χ3n) is 6.33. The summed E-state index contributed by atoms with van der Waals surface area (Å²) in [6, 6.07) is 16.1. The molecule has 6 heteroatoms. The third-order valence-corrected chi connectivity index (χ3v) is 6.33. The average Bonchev–Trinajstić information content (AvgIpc) is 3.35. The maximum atomic E-state index is 11.6. The van der Waals surface area contributed by atoms with E-state index in [1.807, 2.05) is 19.9 Å². The predicted molar refractivity (Wildman–Crippen MR) is 128 cm³/mol. The Hall–Kier alpha value is -2.93. The van der Waals surface area contributed by atoms with Crippen LogP contribution in [0, 0.1) is 19.1 Å². The quantitative estimate of drug-likeness (QED) is 0.381. The first-order valence-corrected chi connectivity index (χ1v) is 11.2. The van der Waals surface area contributed by atoms with Crippen LogP contribution in [0.5, 0.6) is 0 Å². The van der Waals surface area contributed by atoms with E-state index < -0.39 is 0 Å². The van der Waals surface area contributed by atoms with Crippen molar-refractivity contribution < 1.29 is 5.21 Å². The summed E-state index contributed by atoms with van der Waals surface area (Å²) in [6.07, 6.45) is 5.45. The Morgan fingerprint density at radius 1 is 1.12 bits per heavy atom. The fourth-order valence-electron chi connectivity index (χ4n) is 4.56. The summed E-state index contributed by atoms with van der Waals surface area (Å²) in [5, 5.41) is 29.3. The zero-order valence-electron chi connectivity index (χ0n) is 19.1. The van der Waals surface area contributed by atoms with E-state index >= 15 is 0 Å². The van der Waals surface area contributed by atoms with Gasteiger partial charge in [0.25, 0.3) is 0 Å². The van der Waals surface area contributed by atoms with Gasteiger partial charge in [-0.15, -0.1) is 0 Å². The van der Waals surface area contributed by atoms with Crippen LogP contribution in [0.3, 0.4) is 0 Å². The van der Waals surface area contributed by atoms with Gasteiger partial charge in [0, 0.05) is 29.8 Å². The van der Waals surface area contributed by atoms with Crippen molar-refractivity contribution in [3.63, 3.8) is 0 Å². The van der Waals surface area contributed by atoms with Crippen molar-refractivity contribution in [3.8, 4) is 5.69 Å². The van der Waals surface area contributed by atoms with Gasteiger partial charge in [0.15, 0.2) is 0 Å². The molecule has 0 unspecified atom stereocenters. The van der Waals surface area contributed by atoms with Crippen LogP contribution in [0.25, 0.3) is 5.69 Å². The fourth-order valence-corrected chi connectivity index (χ4v) is 4.56. The number of benzene rings is 2. The molecule has 0 saturated carbocycles. The third kappa shape index (κ3) is 4.48. The number of anilines is 1. The van der Waals surface area contributed by atoms with Crippen LogP contribution in [0.15, 0.2) is 60.7 Å². The normalized spacial score (nSPS) is 18.0. The van der Waals surface area contributed by atoms with Gasteiger partial charge in [-0.2, -0.15) is 5.10 Å². The van der Waals surface area contributed by atoms with Gasteiger partial charge in [-0.25, -0.2) is 4.68 Å². The number of aryl methyl sites for hydroxylation is 1. The molecule has 0 bridgehead atoms. The Balaban J connectivity index is 1.46. The second-order valence-electron chi connectivity index (χ2n) is 8.87. The van der Waals surface area contributed by atoms with E-state index in [0.717, 1.165) is 24.4 Å². The highest BCUT2D eigenvalue weighted by Crippen LogP contribution is 2.35. The molecule has 168 valence electrons. The molecule has 1 aromatic heterocycles. The predicted octanol–water partition coefficient (Wildman–Crippen LogP) is 5.51. The summed E-state index contributed by atoms with van der Waals surface area (Å²) in [7, 11) is 0. The molecule has 6 nitrogen and oxygen atoms in total. The van der Waals surface area contributed by atoms with E-state index in [0.29, 0.717) is 17.6 Å². The molecule has 32 heavy (non-hydrogen) atoms. The molecule has 4 rings (SSSR count). The standard InChI is InChI=1S/C26H31N4O2/c1-17(2)21-11-9-20(10-12-21)16-27-23-14-13-22(15-23)26-18(3)28-29(19(26)4)24-7-5-6-8-25(24)30(31)32/h5-14,17,22-23,27,31H,15-16H2,1-4H3/q-1/t22-,23+/m0/s1. The van der Waals surface area contributed by atoms with Crippen LogP contribution in [0.4, 0.5) is 5.69 Å². The number of aromatic nitrogens is 2. The summed E-state index contributed by atoms with van der Waals surface area (Å²) in [5.41, 5.74) is 6.49. The largest absolute Gasteiger partial charge is 0.733 e. The van der Waals surface area contributed by atoms with Crippen molar-refractivity contribution in [2.75, 3.05) is 5.23 Å². The van der Waals surface area contributed by atoms with Crippen LogP contribution in [-0.2, 0) is 6.54 Å². The molecule has 1 heterocycles. The van der Waals surface area contributed by atoms with Gasteiger partial charge in [-0.1, -0.05) is 62.4 Å². The average molecular weight is 432 g/mol. The lowest BCUT2D eigenvalue weighted by atomic mass is 9.95. The number of allylic oxidation sites excluding steroid dienone is 1. The molecule has 2 aromatic carbocycles. The summed E-state index contributed by atoms with van der Waals surface area (Å²) in [5.74, 6) is 0.804. The van der Waals surface area contributed by atoms with Crippen molar-refractivity contribution in [2.24, 2.45) is 0 Å². The maximum absolute atomic E-state index is 11.6. The van der Waals surface area contributed by atoms with Crippen LogP contribution in [0.1, 0.15) is 60.2 Å². The first-order chi connectivity index (χ1) is 15.3. The molecular formula is C26H31N4O2-. The Bertz CT molecular complexity index is 1100. The highest BCUT2D eigenvalue weighted by atomic mass is 16.8. The second kappa shape index (κ2) is 9.28. The molecule has 0 fully saturated rings. The molecule has 0 amide bonds. The van der Waals surface area contributed by atoms with Gasteiger partial charge >= 0.3 is 0 Å². The minimum atomic E-state index is -0.103. The number of hydrogen-bond acceptors (Lipinski definition) is 5. The van der Waals surface area contributed by atoms with Crippen LogP contribution < -0.4 is 10.5 Å². The maximum Gasteiger partial charge on any atom is 0.0895 e. The minimum Gasteiger partial charge on any atom is -0.733 e. The second-order valence-corrected chi connectivity index (χ2v) is 8.87. The van der Waals surface area contributed by atoms with Gasteiger partial charge in [0.05, 0.1) is 17.1 Å². The lowest BCUT2D eigenvalue weighted by Gasteiger charge is -2.24. The summed E-state index contributed by atoms with van der Waals surface area (Å²) in [4.78, 5) is 0. The van der Waals surface area contributed by atoms with E-state index in [1.165, 1.54) is 16.7 Å². The van der Waals surface area contributed by atoms with Gasteiger partial charge in [0.2, 0.25) is 0 Å². The van der Waals surface area contributed by atoms with Crippen molar-refractivity contribution in [2.45, 2.75) is 58.5 Å². The molecule has 0 radical (unpaired) electrons. The van der Waals surface area contributed by atoms with E-state index in [1.54, 1.807) is 22.9 Å². The van der Waals surface area contributed by atoms with Crippen molar-refractivity contribution in [1.82, 2.24) is 15.1 Å². The molecule has 0 spiro atoms. The first kappa shape index (κ1) is 22.3. The van der Waals surface area contributed by atoms with E-state index in [2.05, 4.69) is 55.6 Å². The van der Waals surface area contributed by atoms with E-state index in [4.69, 9.17) is 5.10 Å². The lowest BCUT2D eigenvalue weighted by Crippen LogP contribution is -2.25. The summed E-state index contributed by atoms with van der Waals surface area (Å²) < 4.78 is 1.76. The van der Waals surface area contributed by atoms with Gasteiger partial charge in [-0.3, -0.25) is 5.21 Å². The monoisotopic (exact) mass is 431 g/mol. The van der Waals surface area contributed by atoms with Crippen molar-refractivity contribution in [3.05, 3.63) is 94.0 Å². The molecule has 1 aliphatic carbocycles. The van der Waals surface area contributed by atoms with Gasteiger partial charge in [0.1, 0.15) is 0 Å². The molecular weight excluding hydrogens is 400 g/mol. The lowest BCUT2D eigenvalue weighted by molar-refractivity contribution is 0.296. The highest BCUT2D eigenvalue weighted by Gasteiger charge is 2.26. The van der Waals surface area contributed by atoms with Gasteiger partial charge in [-0.05, 0) is 49.4 Å². The van der Waals surface area contributed by atoms with E-state index in [-0.39, 0.29) is 16.8 Å². The Kier molecular flexibility index (Phi) is 6.46.